The fraction of sp³-hybridized carbons (Fsp3) is 0.750. The SMILES string of the molecule is CCCCS(=O)(=O)c1ncn(C(=O)N(CC)C2CC2)n1. The minimum absolute atomic E-state index is 0.0157. The summed E-state index contributed by atoms with van der Waals surface area (Å²) in [6.07, 6.45) is 4.52. The second-order valence-corrected chi connectivity index (χ2v) is 6.95. The third-order valence-corrected chi connectivity index (χ3v) is 4.86. The van der Waals surface area contributed by atoms with Crippen molar-refractivity contribution in [2.45, 2.75) is 50.7 Å². The number of amides is 1. The maximum atomic E-state index is 12.2. The predicted octanol–water partition coefficient (Wildman–Crippen LogP) is 1.30. The summed E-state index contributed by atoms with van der Waals surface area (Å²) in [4.78, 5) is 17.7. The molecule has 0 bridgehead atoms. The lowest BCUT2D eigenvalue weighted by Gasteiger charge is -2.18. The van der Waals surface area contributed by atoms with Crippen molar-refractivity contribution in [3.05, 3.63) is 6.33 Å². The van der Waals surface area contributed by atoms with E-state index >= 15 is 0 Å². The van der Waals surface area contributed by atoms with Crippen molar-refractivity contribution >= 4 is 15.9 Å². The molecular formula is C12H20N4O3S. The molecule has 1 aliphatic carbocycles. The summed E-state index contributed by atoms with van der Waals surface area (Å²) < 4.78 is 24.9. The molecule has 0 spiro atoms. The molecule has 0 N–H and O–H groups in total. The lowest BCUT2D eigenvalue weighted by atomic mass is 10.4. The Balaban J connectivity index is 2.14. The molecule has 1 heterocycles. The van der Waals surface area contributed by atoms with Crippen molar-refractivity contribution in [1.29, 1.82) is 0 Å². The van der Waals surface area contributed by atoms with Gasteiger partial charge in [-0.3, -0.25) is 0 Å². The maximum absolute atomic E-state index is 12.2. The quantitative estimate of drug-likeness (QED) is 0.790. The van der Waals surface area contributed by atoms with Gasteiger partial charge < -0.3 is 4.90 Å². The average Bonchev–Trinajstić information content (AvgIpc) is 3.11. The highest BCUT2D eigenvalue weighted by molar-refractivity contribution is 7.91. The van der Waals surface area contributed by atoms with E-state index in [2.05, 4.69) is 10.1 Å². The Kier molecular flexibility index (Phi) is 4.42. The van der Waals surface area contributed by atoms with Gasteiger partial charge in [0.2, 0.25) is 9.84 Å². The van der Waals surface area contributed by atoms with Crippen LogP contribution in [0.4, 0.5) is 4.79 Å². The van der Waals surface area contributed by atoms with Crippen molar-refractivity contribution in [2.75, 3.05) is 12.3 Å². The Morgan fingerprint density at radius 3 is 2.70 bits per heavy atom. The van der Waals surface area contributed by atoms with Gasteiger partial charge in [-0.15, -0.1) is 5.10 Å². The monoisotopic (exact) mass is 300 g/mol. The Morgan fingerprint density at radius 2 is 2.15 bits per heavy atom. The summed E-state index contributed by atoms with van der Waals surface area (Å²) in [5.41, 5.74) is 0. The molecule has 0 unspecified atom stereocenters. The summed E-state index contributed by atoms with van der Waals surface area (Å²) in [7, 11) is -3.49. The van der Waals surface area contributed by atoms with Crippen molar-refractivity contribution in [1.82, 2.24) is 19.7 Å². The molecule has 7 nitrogen and oxygen atoms in total. The van der Waals surface area contributed by atoms with Crippen LogP contribution in [0, 0.1) is 0 Å². The van der Waals surface area contributed by atoms with Crippen LogP contribution in [0.5, 0.6) is 0 Å². The second-order valence-electron chi connectivity index (χ2n) is 4.94. The minimum Gasteiger partial charge on any atom is -0.320 e. The summed E-state index contributed by atoms with van der Waals surface area (Å²) in [5, 5.41) is 3.58. The first-order valence-electron chi connectivity index (χ1n) is 6.95. The molecule has 0 aromatic carbocycles. The zero-order valence-corrected chi connectivity index (χ0v) is 12.6. The van der Waals surface area contributed by atoms with Gasteiger partial charge in [-0.2, -0.15) is 4.68 Å². The fourth-order valence-corrected chi connectivity index (χ4v) is 3.25. The minimum atomic E-state index is -3.49. The van der Waals surface area contributed by atoms with E-state index in [4.69, 9.17) is 0 Å². The highest BCUT2D eigenvalue weighted by Gasteiger charge is 2.33. The number of sulfone groups is 1. The third kappa shape index (κ3) is 3.17. The Morgan fingerprint density at radius 1 is 1.45 bits per heavy atom. The van der Waals surface area contributed by atoms with Gasteiger partial charge in [-0.1, -0.05) is 13.3 Å². The van der Waals surface area contributed by atoms with Crippen LogP contribution >= 0.6 is 0 Å². The van der Waals surface area contributed by atoms with Crippen molar-refractivity contribution < 1.29 is 13.2 Å². The van der Waals surface area contributed by atoms with Gasteiger partial charge in [-0.25, -0.2) is 18.2 Å². The topological polar surface area (TPSA) is 85.2 Å². The lowest BCUT2D eigenvalue weighted by molar-refractivity contribution is 0.196. The first-order chi connectivity index (χ1) is 9.49. The molecule has 8 heteroatoms. The molecule has 1 aliphatic rings. The molecular weight excluding hydrogens is 280 g/mol. The standard InChI is InChI=1S/C12H20N4O3S/c1-3-5-8-20(18,19)11-13-9-16(14-11)12(17)15(4-2)10-6-7-10/h9-10H,3-8H2,1-2H3. The predicted molar refractivity (Wildman–Crippen MR) is 73.2 cm³/mol. The first-order valence-corrected chi connectivity index (χ1v) is 8.60. The summed E-state index contributed by atoms with van der Waals surface area (Å²) >= 11 is 0. The number of hydrogen-bond acceptors (Lipinski definition) is 5. The molecule has 20 heavy (non-hydrogen) atoms. The molecule has 1 aromatic rings. The number of rotatable bonds is 6. The van der Waals surface area contributed by atoms with Crippen molar-refractivity contribution in [3.63, 3.8) is 0 Å². The highest BCUT2D eigenvalue weighted by atomic mass is 32.2. The fourth-order valence-electron chi connectivity index (χ4n) is 1.98. The van der Waals surface area contributed by atoms with Crippen LogP contribution in [0.25, 0.3) is 0 Å². The van der Waals surface area contributed by atoms with Gasteiger partial charge in [-0.05, 0) is 26.2 Å². The van der Waals surface area contributed by atoms with Gasteiger partial charge in [0.25, 0.3) is 5.16 Å². The Hall–Kier alpha value is -1.44. The summed E-state index contributed by atoms with van der Waals surface area (Å²) in [5.74, 6) is 0.0157. The Labute approximate surface area is 118 Å². The smallest absolute Gasteiger partial charge is 0.320 e. The molecule has 0 aliphatic heterocycles. The van der Waals surface area contributed by atoms with Gasteiger partial charge in [0, 0.05) is 12.6 Å². The number of carbonyl (C=O) groups is 1. The van der Waals surface area contributed by atoms with Gasteiger partial charge >= 0.3 is 6.03 Å². The molecule has 1 aromatic heterocycles. The zero-order valence-electron chi connectivity index (χ0n) is 11.8. The largest absolute Gasteiger partial charge is 0.346 e. The Bertz CT molecular complexity index is 577. The molecule has 1 amide bonds. The average molecular weight is 300 g/mol. The van der Waals surface area contributed by atoms with Crippen LogP contribution in [0.2, 0.25) is 0 Å². The van der Waals surface area contributed by atoms with Gasteiger partial charge in [0.15, 0.2) is 0 Å². The van der Waals surface area contributed by atoms with Crippen LogP contribution < -0.4 is 0 Å². The van der Waals surface area contributed by atoms with E-state index in [-0.39, 0.29) is 23.0 Å². The molecule has 112 valence electrons. The number of nitrogens with zero attached hydrogens (tertiary/aromatic N) is 4. The van der Waals surface area contributed by atoms with E-state index in [9.17, 15) is 13.2 Å². The van der Waals surface area contributed by atoms with Crippen LogP contribution in [-0.4, -0.2) is 52.5 Å². The lowest BCUT2D eigenvalue weighted by Crippen LogP contribution is -2.36. The van der Waals surface area contributed by atoms with Crippen molar-refractivity contribution in [2.24, 2.45) is 0 Å². The van der Waals surface area contributed by atoms with Crippen LogP contribution in [0.3, 0.4) is 0 Å². The summed E-state index contributed by atoms with van der Waals surface area (Å²) in [6.45, 7) is 4.40. The molecule has 1 saturated carbocycles. The van der Waals surface area contributed by atoms with E-state index in [1.807, 2.05) is 13.8 Å². The normalized spacial score (nSPS) is 15.3. The number of carbonyl (C=O) groups excluding carboxylic acids is 1. The first kappa shape index (κ1) is 15.0. The highest BCUT2D eigenvalue weighted by Crippen LogP contribution is 2.27. The molecule has 0 saturated heterocycles. The van der Waals surface area contributed by atoms with E-state index in [1.54, 1.807) is 4.90 Å². The van der Waals surface area contributed by atoms with Crippen LogP contribution in [-0.2, 0) is 9.84 Å². The van der Waals surface area contributed by atoms with E-state index < -0.39 is 9.84 Å². The maximum Gasteiger partial charge on any atom is 0.346 e. The molecule has 0 radical (unpaired) electrons. The zero-order chi connectivity index (χ0) is 14.8. The molecule has 2 rings (SSSR count). The van der Waals surface area contributed by atoms with Crippen LogP contribution in [0.1, 0.15) is 39.5 Å². The second kappa shape index (κ2) is 5.90. The summed E-state index contributed by atoms with van der Waals surface area (Å²) in [6, 6.07) is -0.0451. The number of aromatic nitrogens is 3. The number of unbranched alkanes of at least 4 members (excludes halogenated alkanes) is 1. The van der Waals surface area contributed by atoms with E-state index in [1.165, 1.54) is 6.33 Å². The van der Waals surface area contributed by atoms with Gasteiger partial charge in [0.1, 0.15) is 6.33 Å². The van der Waals surface area contributed by atoms with Crippen molar-refractivity contribution in [3.8, 4) is 0 Å². The van der Waals surface area contributed by atoms with E-state index in [0.29, 0.717) is 13.0 Å². The molecule has 0 atom stereocenters. The van der Waals surface area contributed by atoms with Gasteiger partial charge in [0.05, 0.1) is 5.75 Å². The van der Waals surface area contributed by atoms with E-state index in [0.717, 1.165) is 23.9 Å². The number of hydrogen-bond donors (Lipinski definition) is 0. The van der Waals surface area contributed by atoms with Crippen LogP contribution in [0.15, 0.2) is 11.5 Å². The molecule has 1 fully saturated rings. The third-order valence-electron chi connectivity index (χ3n) is 3.29.